The van der Waals surface area contributed by atoms with Crippen LogP contribution in [0.4, 0.5) is 0 Å². The molecular weight excluding hydrogens is 555 g/mol. The van der Waals surface area contributed by atoms with Crippen LogP contribution in [0.2, 0.25) is 0 Å². The second-order valence-corrected chi connectivity index (χ2v) is 10.8. The third-order valence-corrected chi connectivity index (χ3v) is 6.98. The average molecular weight is 593 g/mol. The smallest absolute Gasteiger partial charge is 0.400 e. The molecule has 0 spiro atoms. The minimum absolute atomic E-state index is 0. The van der Waals surface area contributed by atoms with E-state index in [2.05, 4.69) is 39.1 Å². The lowest BCUT2D eigenvalue weighted by atomic mass is 9.90. The first-order valence-electron chi connectivity index (χ1n) is 12.3. The zero-order chi connectivity index (χ0) is 27.9. The lowest BCUT2D eigenvalue weighted by Crippen LogP contribution is -2.41. The molecule has 0 unspecified atom stereocenters. The first kappa shape index (κ1) is 32.3. The Morgan fingerprint density at radius 1 is 0.821 bits per heavy atom. The van der Waals surface area contributed by atoms with E-state index in [-0.39, 0.29) is 39.0 Å². The average Bonchev–Trinajstić information content (AvgIpc) is 3.13. The van der Waals surface area contributed by atoms with Crippen LogP contribution in [0.25, 0.3) is 27.9 Å². The molecule has 0 radical (unpaired) electrons. The predicted molar refractivity (Wildman–Crippen MR) is 166 cm³/mol. The Bertz CT molecular complexity index is 1410. The van der Waals surface area contributed by atoms with Gasteiger partial charge in [0.05, 0.1) is 35.4 Å². The van der Waals surface area contributed by atoms with Crippen molar-refractivity contribution >= 4 is 50.9 Å². The molecule has 0 saturated carbocycles. The van der Waals surface area contributed by atoms with Crippen molar-refractivity contribution in [3.63, 3.8) is 0 Å². The Labute approximate surface area is 240 Å². The number of pyridine rings is 2. The quantitative estimate of drug-likeness (QED) is 0.242. The van der Waals surface area contributed by atoms with Gasteiger partial charge in [-0.15, -0.1) is 6.58 Å². The van der Waals surface area contributed by atoms with Gasteiger partial charge in [0.25, 0.3) is 0 Å². The fourth-order valence-corrected chi connectivity index (χ4v) is 3.99. The van der Waals surface area contributed by atoms with Crippen LogP contribution < -0.4 is 0 Å². The molecule has 206 valence electrons. The van der Waals surface area contributed by atoms with E-state index in [9.17, 15) is 0 Å². The van der Waals surface area contributed by atoms with Crippen molar-refractivity contribution in [1.82, 2.24) is 9.97 Å². The van der Waals surface area contributed by atoms with Crippen LogP contribution >= 0.6 is 15.9 Å². The van der Waals surface area contributed by atoms with E-state index in [1.54, 1.807) is 24.4 Å². The minimum Gasteiger partial charge on any atom is -0.400 e. The number of halogens is 1. The third-order valence-electron chi connectivity index (χ3n) is 6.54. The van der Waals surface area contributed by atoms with Gasteiger partial charge in [-0.1, -0.05) is 38.2 Å². The molecule has 8 heteroatoms. The number of aliphatic hydroxyl groups excluding tert-OH is 2. The summed E-state index contributed by atoms with van der Waals surface area (Å²) in [5, 5.41) is 20.0. The van der Waals surface area contributed by atoms with Crippen LogP contribution in [0.5, 0.6) is 0 Å². The highest BCUT2D eigenvalue weighted by atomic mass is 79.9. The summed E-state index contributed by atoms with van der Waals surface area (Å²) in [6, 6.07) is 15.5. The van der Waals surface area contributed by atoms with E-state index in [1.807, 2.05) is 76.2 Å². The van der Waals surface area contributed by atoms with Crippen LogP contribution in [0.15, 0.2) is 84.5 Å². The molecule has 5 rings (SSSR count). The minimum atomic E-state index is -0.250. The lowest BCUT2D eigenvalue weighted by Gasteiger charge is -2.32. The van der Waals surface area contributed by atoms with E-state index < -0.39 is 0 Å². The molecule has 6 nitrogen and oxygen atoms in total. The molecule has 2 aromatic carbocycles. The molecule has 2 aromatic heterocycles. The lowest BCUT2D eigenvalue weighted by molar-refractivity contribution is 0.00578. The van der Waals surface area contributed by atoms with Gasteiger partial charge in [-0.05, 0) is 96.7 Å². The Morgan fingerprint density at radius 3 is 1.74 bits per heavy atom. The van der Waals surface area contributed by atoms with Crippen molar-refractivity contribution in [2.75, 3.05) is 0 Å². The normalized spacial score (nSPS) is 14.9. The molecule has 1 aliphatic rings. The molecule has 0 aliphatic carbocycles. The van der Waals surface area contributed by atoms with Crippen molar-refractivity contribution in [2.45, 2.75) is 59.5 Å². The van der Waals surface area contributed by atoms with Crippen molar-refractivity contribution in [1.29, 1.82) is 0 Å². The molecular formula is C31H38BBrN2O4. The number of benzene rings is 2. The van der Waals surface area contributed by atoms with E-state index in [0.717, 1.165) is 43.0 Å². The molecule has 1 aliphatic heterocycles. The van der Waals surface area contributed by atoms with Gasteiger partial charge in [0.15, 0.2) is 0 Å². The molecule has 2 N–H and O–H groups in total. The van der Waals surface area contributed by atoms with Crippen LogP contribution in [-0.4, -0.2) is 38.5 Å². The van der Waals surface area contributed by atoms with Gasteiger partial charge in [0.2, 0.25) is 0 Å². The van der Waals surface area contributed by atoms with Crippen molar-refractivity contribution in [2.24, 2.45) is 0 Å². The SMILES string of the molecule is C.C=CB1OC(C)(C)C(C)(C)O1.C=Cc1cnc2ccc(CO)cc2c1.OCc1ccc2ncc(Br)cc2c1. The maximum Gasteiger partial charge on any atom is 0.486 e. The van der Waals surface area contributed by atoms with Gasteiger partial charge >= 0.3 is 7.12 Å². The summed E-state index contributed by atoms with van der Waals surface area (Å²) in [7, 11) is -0.250. The van der Waals surface area contributed by atoms with E-state index in [4.69, 9.17) is 19.5 Å². The Hall–Kier alpha value is -2.88. The standard InChI is InChI=1S/C12H11NO.C10H8BrNO.C8H15BO2.CH4/c1-2-9-5-11-6-10(8-14)3-4-12(11)13-7-9;11-9-4-8-3-7(6-13)1-2-10(8)12-5-9;1-6-9-10-7(2,3)8(4,5)11-9;/h2-7,14H,1,8H2;1-5,13H,6H2;6H,1H2,2-5H3;1H4. The summed E-state index contributed by atoms with van der Waals surface area (Å²) in [4.78, 5) is 8.50. The van der Waals surface area contributed by atoms with E-state index >= 15 is 0 Å². The summed E-state index contributed by atoms with van der Waals surface area (Å²) < 4.78 is 12.1. The Kier molecular flexibility index (Phi) is 11.6. The molecule has 1 saturated heterocycles. The molecule has 0 amide bonds. The molecule has 0 atom stereocenters. The number of fused-ring (bicyclic) bond motifs is 2. The van der Waals surface area contributed by atoms with Crippen LogP contribution in [0.1, 0.15) is 51.8 Å². The molecule has 3 heterocycles. The number of rotatable bonds is 4. The summed E-state index contributed by atoms with van der Waals surface area (Å²) >= 11 is 3.35. The van der Waals surface area contributed by atoms with Gasteiger partial charge in [-0.3, -0.25) is 9.97 Å². The Morgan fingerprint density at radius 2 is 1.31 bits per heavy atom. The Balaban J connectivity index is 0.000000204. The molecule has 0 bridgehead atoms. The van der Waals surface area contributed by atoms with Gasteiger partial charge in [-0.25, -0.2) is 0 Å². The number of hydrogen-bond acceptors (Lipinski definition) is 6. The highest BCUT2D eigenvalue weighted by Crippen LogP contribution is 2.36. The third kappa shape index (κ3) is 8.30. The second kappa shape index (κ2) is 14.0. The monoisotopic (exact) mass is 592 g/mol. The number of aliphatic hydroxyl groups is 2. The van der Waals surface area contributed by atoms with Crippen molar-refractivity contribution in [3.8, 4) is 0 Å². The maximum absolute atomic E-state index is 8.98. The first-order valence-corrected chi connectivity index (χ1v) is 13.1. The van der Waals surface area contributed by atoms with Crippen molar-refractivity contribution in [3.05, 3.63) is 101 Å². The van der Waals surface area contributed by atoms with Crippen LogP contribution in [0, 0.1) is 0 Å². The second-order valence-electron chi connectivity index (χ2n) is 9.86. The van der Waals surface area contributed by atoms with Gasteiger partial charge < -0.3 is 19.5 Å². The van der Waals surface area contributed by atoms with Gasteiger partial charge in [0, 0.05) is 27.6 Å². The van der Waals surface area contributed by atoms with Crippen LogP contribution in [-0.2, 0) is 22.5 Å². The zero-order valence-corrected chi connectivity index (χ0v) is 23.9. The zero-order valence-electron chi connectivity index (χ0n) is 22.3. The summed E-state index contributed by atoms with van der Waals surface area (Å²) in [6.07, 6.45) is 5.31. The topological polar surface area (TPSA) is 84.7 Å². The van der Waals surface area contributed by atoms with Gasteiger partial charge in [0.1, 0.15) is 0 Å². The first-order chi connectivity index (χ1) is 18.0. The van der Waals surface area contributed by atoms with Crippen LogP contribution in [0.3, 0.4) is 0 Å². The summed E-state index contributed by atoms with van der Waals surface area (Å²) in [6.45, 7) is 15.5. The van der Waals surface area contributed by atoms with Gasteiger partial charge in [-0.2, -0.15) is 0 Å². The highest BCUT2D eigenvalue weighted by Gasteiger charge is 2.49. The number of hydrogen-bond donors (Lipinski definition) is 2. The summed E-state index contributed by atoms with van der Waals surface area (Å²) in [5.74, 6) is 1.68. The number of aromatic nitrogens is 2. The fourth-order valence-electron chi connectivity index (χ4n) is 3.65. The molecule has 39 heavy (non-hydrogen) atoms. The van der Waals surface area contributed by atoms with E-state index in [0.29, 0.717) is 0 Å². The van der Waals surface area contributed by atoms with Crippen molar-refractivity contribution < 1.29 is 19.5 Å². The number of nitrogens with zero attached hydrogens (tertiary/aromatic N) is 2. The highest BCUT2D eigenvalue weighted by molar-refractivity contribution is 9.10. The molecule has 4 aromatic rings. The predicted octanol–water partition coefficient (Wildman–Crippen LogP) is 7.30. The maximum atomic E-state index is 8.98. The fraction of sp³-hybridized carbons (Fsp3) is 0.290. The largest absolute Gasteiger partial charge is 0.486 e. The summed E-state index contributed by atoms with van der Waals surface area (Å²) in [5.41, 5.74) is 4.23. The van der Waals surface area contributed by atoms with E-state index in [1.165, 1.54) is 0 Å². The molecule has 1 fully saturated rings.